The number of nitrogens with zero attached hydrogens (tertiary/aromatic N) is 1. The van der Waals surface area contributed by atoms with Crippen LogP contribution in [0.5, 0.6) is 0 Å². The van der Waals surface area contributed by atoms with Crippen LogP contribution in [0.4, 0.5) is 4.79 Å². The number of carbonyl (C=O) groups is 3. The molecule has 1 aliphatic carbocycles. The first kappa shape index (κ1) is 30.7. The molecule has 7 nitrogen and oxygen atoms in total. The van der Waals surface area contributed by atoms with Gasteiger partial charge in [0.25, 0.3) is 0 Å². The number of benzene rings is 1. The van der Waals surface area contributed by atoms with E-state index in [1.807, 2.05) is 52.8 Å². The molecule has 3 unspecified atom stereocenters. The highest BCUT2D eigenvalue weighted by atomic mass is 16.6. The molecule has 3 atom stereocenters. The number of nitrogens with one attached hydrogen (secondary N) is 2. The van der Waals surface area contributed by atoms with Gasteiger partial charge in [0.15, 0.2) is 0 Å². The second kappa shape index (κ2) is 13.3. The summed E-state index contributed by atoms with van der Waals surface area (Å²) in [5.74, 6) is -0.237. The molecule has 2 N–H and O–H groups in total. The molecule has 0 aliphatic heterocycles. The van der Waals surface area contributed by atoms with E-state index in [-0.39, 0.29) is 29.8 Å². The maximum atomic E-state index is 14.3. The third-order valence-electron chi connectivity index (χ3n) is 6.87. The normalized spacial score (nSPS) is 16.4. The van der Waals surface area contributed by atoms with Gasteiger partial charge in [0.05, 0.1) is 0 Å². The molecule has 3 amide bonds. The van der Waals surface area contributed by atoms with Gasteiger partial charge in [-0.2, -0.15) is 0 Å². The van der Waals surface area contributed by atoms with E-state index < -0.39 is 23.8 Å². The second-order valence-corrected chi connectivity index (χ2v) is 12.1. The predicted octanol–water partition coefficient (Wildman–Crippen LogP) is 5.97. The van der Waals surface area contributed by atoms with Crippen LogP contribution in [0.15, 0.2) is 18.2 Å². The van der Waals surface area contributed by atoms with Crippen LogP contribution in [0.2, 0.25) is 0 Å². The van der Waals surface area contributed by atoms with Crippen molar-refractivity contribution in [3.63, 3.8) is 0 Å². The molecule has 0 bridgehead atoms. The maximum Gasteiger partial charge on any atom is 0.408 e. The zero-order valence-electron chi connectivity index (χ0n) is 24.4. The Balaban J connectivity index is 2.55. The molecule has 1 aliphatic rings. The number of alkyl carbamates (subject to hydrolysis) is 1. The van der Waals surface area contributed by atoms with E-state index in [0.717, 1.165) is 48.8 Å². The van der Waals surface area contributed by atoms with Gasteiger partial charge in [-0.25, -0.2) is 4.79 Å². The Kier molecular flexibility index (Phi) is 11.0. The van der Waals surface area contributed by atoms with Gasteiger partial charge in [0.2, 0.25) is 11.8 Å². The van der Waals surface area contributed by atoms with E-state index >= 15 is 0 Å². The first-order chi connectivity index (χ1) is 17.2. The number of ether oxygens (including phenoxy) is 1. The van der Waals surface area contributed by atoms with Crippen LogP contribution in [-0.2, 0) is 14.3 Å². The highest BCUT2D eigenvalue weighted by Crippen LogP contribution is 2.36. The minimum atomic E-state index is -0.789. The lowest BCUT2D eigenvalue weighted by molar-refractivity contribution is -0.148. The van der Waals surface area contributed by atoms with Gasteiger partial charge in [0, 0.05) is 12.1 Å². The summed E-state index contributed by atoms with van der Waals surface area (Å²) in [5, 5.41) is 6.02. The summed E-state index contributed by atoms with van der Waals surface area (Å²) in [6.07, 6.45) is 4.34. The Morgan fingerprint density at radius 2 is 1.65 bits per heavy atom. The van der Waals surface area contributed by atoms with Gasteiger partial charge in [-0.1, -0.05) is 45.4 Å². The van der Waals surface area contributed by atoms with Crippen molar-refractivity contribution in [2.45, 2.75) is 131 Å². The Hall–Kier alpha value is -2.57. The van der Waals surface area contributed by atoms with Gasteiger partial charge in [-0.3, -0.25) is 9.59 Å². The summed E-state index contributed by atoms with van der Waals surface area (Å²) in [4.78, 5) is 42.8. The van der Waals surface area contributed by atoms with E-state index in [0.29, 0.717) is 6.42 Å². The third kappa shape index (κ3) is 8.75. The lowest BCUT2D eigenvalue weighted by Crippen LogP contribution is -2.58. The van der Waals surface area contributed by atoms with Crippen molar-refractivity contribution in [3.8, 4) is 0 Å². The third-order valence-corrected chi connectivity index (χ3v) is 6.87. The quantitative estimate of drug-likeness (QED) is 0.380. The highest BCUT2D eigenvalue weighted by molar-refractivity contribution is 5.93. The first-order valence-corrected chi connectivity index (χ1v) is 13.9. The Morgan fingerprint density at radius 1 is 1.05 bits per heavy atom. The fourth-order valence-electron chi connectivity index (χ4n) is 4.99. The van der Waals surface area contributed by atoms with Crippen LogP contribution in [0, 0.1) is 19.8 Å². The van der Waals surface area contributed by atoms with Crippen LogP contribution in [-0.4, -0.2) is 46.5 Å². The summed E-state index contributed by atoms with van der Waals surface area (Å²) in [6, 6.07) is 4.34. The minimum Gasteiger partial charge on any atom is -0.444 e. The molecule has 0 radical (unpaired) electrons. The fraction of sp³-hybridized carbons (Fsp3) is 0.700. The van der Waals surface area contributed by atoms with Crippen molar-refractivity contribution >= 4 is 17.9 Å². The van der Waals surface area contributed by atoms with Crippen molar-refractivity contribution in [3.05, 3.63) is 34.9 Å². The van der Waals surface area contributed by atoms with E-state index in [1.165, 1.54) is 0 Å². The molecule has 2 rings (SSSR count). The Labute approximate surface area is 224 Å². The van der Waals surface area contributed by atoms with Crippen LogP contribution >= 0.6 is 0 Å². The second-order valence-electron chi connectivity index (χ2n) is 12.1. The summed E-state index contributed by atoms with van der Waals surface area (Å²) in [7, 11) is 0. The van der Waals surface area contributed by atoms with Crippen LogP contribution < -0.4 is 10.6 Å². The van der Waals surface area contributed by atoms with Crippen molar-refractivity contribution < 1.29 is 19.1 Å². The molecule has 1 fully saturated rings. The maximum absolute atomic E-state index is 14.3. The lowest BCUT2D eigenvalue weighted by atomic mass is 9.85. The molecular formula is C30H49N3O4. The SMILES string of the molecule is CCCC(C)NC(=O)C(c1c(C)cccc1C)N(C(=O)C(CC(C)C)NC(=O)OC(C)(C)C)C1CCC1. The average molecular weight is 516 g/mol. The molecule has 7 heteroatoms. The van der Waals surface area contributed by atoms with Gasteiger partial charge >= 0.3 is 6.09 Å². The average Bonchev–Trinajstić information content (AvgIpc) is 2.71. The number of carbonyl (C=O) groups excluding carboxylic acids is 3. The molecule has 1 saturated carbocycles. The van der Waals surface area contributed by atoms with Crippen molar-refractivity contribution in [2.75, 3.05) is 0 Å². The molecule has 1 aromatic rings. The van der Waals surface area contributed by atoms with E-state index in [4.69, 9.17) is 4.74 Å². The van der Waals surface area contributed by atoms with Gasteiger partial charge in [0.1, 0.15) is 17.7 Å². The summed E-state index contributed by atoms with van der Waals surface area (Å²) < 4.78 is 5.49. The van der Waals surface area contributed by atoms with Crippen molar-refractivity contribution in [1.29, 1.82) is 0 Å². The molecule has 0 aromatic heterocycles. The Morgan fingerprint density at radius 3 is 2.11 bits per heavy atom. The van der Waals surface area contributed by atoms with E-state index in [1.54, 1.807) is 25.7 Å². The van der Waals surface area contributed by atoms with E-state index in [9.17, 15) is 14.4 Å². The van der Waals surface area contributed by atoms with Gasteiger partial charge in [-0.05, 0) is 96.3 Å². The highest BCUT2D eigenvalue weighted by Gasteiger charge is 2.43. The molecule has 0 saturated heterocycles. The summed E-state index contributed by atoms with van der Waals surface area (Å²) >= 11 is 0. The van der Waals surface area contributed by atoms with Crippen molar-refractivity contribution in [1.82, 2.24) is 15.5 Å². The number of rotatable bonds is 11. The molecule has 1 aromatic carbocycles. The monoisotopic (exact) mass is 515 g/mol. The minimum absolute atomic E-state index is 0.00554. The van der Waals surface area contributed by atoms with E-state index in [2.05, 4.69) is 17.6 Å². The number of hydrogen-bond acceptors (Lipinski definition) is 4. The Bertz CT molecular complexity index is 913. The molecular weight excluding hydrogens is 466 g/mol. The first-order valence-electron chi connectivity index (χ1n) is 13.9. The zero-order chi connectivity index (χ0) is 27.9. The topological polar surface area (TPSA) is 87.7 Å². The summed E-state index contributed by atoms with van der Waals surface area (Å²) in [6.45, 7) is 17.5. The number of amides is 3. The van der Waals surface area contributed by atoms with Gasteiger partial charge < -0.3 is 20.3 Å². The lowest BCUT2D eigenvalue weighted by Gasteiger charge is -2.44. The summed E-state index contributed by atoms with van der Waals surface area (Å²) in [5.41, 5.74) is 2.13. The largest absolute Gasteiger partial charge is 0.444 e. The van der Waals surface area contributed by atoms with Crippen LogP contribution in [0.1, 0.15) is 110 Å². The van der Waals surface area contributed by atoms with Gasteiger partial charge in [-0.15, -0.1) is 0 Å². The van der Waals surface area contributed by atoms with Crippen LogP contribution in [0.25, 0.3) is 0 Å². The van der Waals surface area contributed by atoms with Crippen LogP contribution in [0.3, 0.4) is 0 Å². The number of aryl methyl sites for hydroxylation is 2. The standard InChI is InChI=1S/C30H49N3O4/c1-10-13-22(6)31-27(34)26(25-20(4)14-11-15-21(25)5)33(23-16-12-17-23)28(35)24(18-19(2)3)32-29(36)37-30(7,8)9/h11,14-15,19,22-24,26H,10,12-13,16-18H2,1-9H3,(H,31,34)(H,32,36). The molecule has 0 heterocycles. The molecule has 0 spiro atoms. The smallest absolute Gasteiger partial charge is 0.408 e. The number of hydrogen-bond donors (Lipinski definition) is 2. The zero-order valence-corrected chi connectivity index (χ0v) is 24.4. The molecule has 208 valence electrons. The fourth-order valence-corrected chi connectivity index (χ4v) is 4.99. The predicted molar refractivity (Wildman–Crippen MR) is 148 cm³/mol. The molecule has 37 heavy (non-hydrogen) atoms. The van der Waals surface area contributed by atoms with Crippen molar-refractivity contribution in [2.24, 2.45) is 5.92 Å².